The molecule has 0 aliphatic rings. The minimum Gasteiger partial charge on any atom is -0.356 e. The molecule has 17 heavy (non-hydrogen) atoms. The minimum atomic E-state index is 0.160. The third kappa shape index (κ3) is 8.19. The first kappa shape index (κ1) is 16.4. The second-order valence-electron chi connectivity index (χ2n) is 5.42. The zero-order valence-corrected chi connectivity index (χ0v) is 12.0. The number of carbonyl (C=O) groups is 1. The van der Waals surface area contributed by atoms with Crippen molar-refractivity contribution >= 4 is 5.91 Å². The molecule has 102 valence electrons. The molecular weight excluding hydrogens is 212 g/mol. The highest BCUT2D eigenvalue weighted by Gasteiger charge is 2.14. The Bertz CT molecular complexity index is 200. The van der Waals surface area contributed by atoms with E-state index in [0.29, 0.717) is 30.7 Å². The Morgan fingerprint density at radius 2 is 1.76 bits per heavy atom. The maximum Gasteiger partial charge on any atom is 0.220 e. The van der Waals surface area contributed by atoms with Crippen LogP contribution in [-0.4, -0.2) is 19.0 Å². The first-order chi connectivity index (χ1) is 8.03. The highest BCUT2D eigenvalue weighted by Crippen LogP contribution is 2.14. The third-order valence-corrected chi connectivity index (χ3v) is 3.35. The van der Waals surface area contributed by atoms with Crippen LogP contribution in [0, 0.1) is 17.8 Å². The van der Waals surface area contributed by atoms with E-state index in [2.05, 4.69) is 33.0 Å². The van der Waals surface area contributed by atoms with Crippen LogP contribution in [0.3, 0.4) is 0 Å². The molecule has 3 heteroatoms. The second kappa shape index (κ2) is 9.46. The van der Waals surface area contributed by atoms with Gasteiger partial charge in [-0.15, -0.1) is 0 Å². The van der Waals surface area contributed by atoms with Gasteiger partial charge in [-0.2, -0.15) is 0 Å². The van der Waals surface area contributed by atoms with Crippen molar-refractivity contribution in [2.45, 2.75) is 53.4 Å². The fourth-order valence-electron chi connectivity index (χ4n) is 2.10. The van der Waals surface area contributed by atoms with Gasteiger partial charge in [-0.25, -0.2) is 0 Å². The third-order valence-electron chi connectivity index (χ3n) is 3.35. The van der Waals surface area contributed by atoms with Crippen LogP contribution in [0.25, 0.3) is 0 Å². The predicted octanol–water partition coefficient (Wildman–Crippen LogP) is 2.55. The standard InChI is InChI=1S/C14H30N2O/c1-5-12(6-2)10-16-14(17)8-13(9-15)7-11(3)4/h11-13H,5-10,15H2,1-4H3,(H,16,17)/t13-/m0/s1. The summed E-state index contributed by atoms with van der Waals surface area (Å²) in [6.45, 7) is 10.1. The Morgan fingerprint density at radius 3 is 2.18 bits per heavy atom. The van der Waals surface area contributed by atoms with Crippen molar-refractivity contribution in [3.63, 3.8) is 0 Å². The lowest BCUT2D eigenvalue weighted by Gasteiger charge is -2.18. The summed E-state index contributed by atoms with van der Waals surface area (Å²) in [5, 5.41) is 3.03. The Kier molecular flexibility index (Phi) is 9.14. The Balaban J connectivity index is 3.90. The number of nitrogens with one attached hydrogen (secondary N) is 1. The van der Waals surface area contributed by atoms with Crippen LogP contribution in [0.15, 0.2) is 0 Å². The Hall–Kier alpha value is -0.570. The van der Waals surface area contributed by atoms with Gasteiger partial charge >= 0.3 is 0 Å². The molecule has 3 nitrogen and oxygen atoms in total. The number of rotatable bonds is 9. The molecule has 0 unspecified atom stereocenters. The van der Waals surface area contributed by atoms with Gasteiger partial charge in [0.1, 0.15) is 0 Å². The van der Waals surface area contributed by atoms with Gasteiger partial charge in [0.2, 0.25) is 5.91 Å². The van der Waals surface area contributed by atoms with Crippen LogP contribution in [-0.2, 0) is 4.79 Å². The molecule has 0 rings (SSSR count). The van der Waals surface area contributed by atoms with Crippen LogP contribution in [0.5, 0.6) is 0 Å². The average molecular weight is 242 g/mol. The van der Waals surface area contributed by atoms with E-state index >= 15 is 0 Å². The Labute approximate surface area is 107 Å². The van der Waals surface area contributed by atoms with Gasteiger partial charge in [0.15, 0.2) is 0 Å². The lowest BCUT2D eigenvalue weighted by atomic mass is 9.94. The molecule has 0 aliphatic carbocycles. The second-order valence-corrected chi connectivity index (χ2v) is 5.42. The first-order valence-corrected chi connectivity index (χ1v) is 7.00. The van der Waals surface area contributed by atoms with Crippen molar-refractivity contribution in [2.75, 3.05) is 13.1 Å². The summed E-state index contributed by atoms with van der Waals surface area (Å²) in [6, 6.07) is 0. The molecule has 0 spiro atoms. The molecule has 1 amide bonds. The molecule has 0 saturated carbocycles. The number of nitrogens with two attached hydrogens (primary N) is 1. The maximum atomic E-state index is 11.8. The van der Waals surface area contributed by atoms with Gasteiger partial charge in [-0.3, -0.25) is 4.79 Å². The lowest BCUT2D eigenvalue weighted by Crippen LogP contribution is -2.32. The predicted molar refractivity (Wildman–Crippen MR) is 73.7 cm³/mol. The fourth-order valence-corrected chi connectivity index (χ4v) is 2.10. The van der Waals surface area contributed by atoms with Gasteiger partial charge < -0.3 is 11.1 Å². The lowest BCUT2D eigenvalue weighted by molar-refractivity contribution is -0.122. The van der Waals surface area contributed by atoms with E-state index in [1.165, 1.54) is 0 Å². The van der Waals surface area contributed by atoms with Crippen molar-refractivity contribution in [1.82, 2.24) is 5.32 Å². The summed E-state index contributed by atoms with van der Waals surface area (Å²) in [5.74, 6) is 1.71. The van der Waals surface area contributed by atoms with E-state index in [1.54, 1.807) is 0 Å². The molecule has 0 bridgehead atoms. The average Bonchev–Trinajstić information content (AvgIpc) is 2.28. The minimum absolute atomic E-state index is 0.160. The summed E-state index contributed by atoms with van der Waals surface area (Å²) in [4.78, 5) is 11.8. The molecule has 0 aromatic rings. The van der Waals surface area contributed by atoms with E-state index in [9.17, 15) is 4.79 Å². The van der Waals surface area contributed by atoms with Gasteiger partial charge in [0.05, 0.1) is 0 Å². The van der Waals surface area contributed by atoms with Gasteiger partial charge in [0, 0.05) is 13.0 Å². The smallest absolute Gasteiger partial charge is 0.220 e. The monoisotopic (exact) mass is 242 g/mol. The summed E-state index contributed by atoms with van der Waals surface area (Å²) >= 11 is 0. The van der Waals surface area contributed by atoms with Crippen molar-refractivity contribution in [2.24, 2.45) is 23.5 Å². The molecule has 0 aromatic heterocycles. The topological polar surface area (TPSA) is 55.1 Å². The number of hydrogen-bond acceptors (Lipinski definition) is 2. The molecule has 0 saturated heterocycles. The highest BCUT2D eigenvalue weighted by molar-refractivity contribution is 5.76. The molecule has 3 N–H and O–H groups in total. The van der Waals surface area contributed by atoms with E-state index in [0.717, 1.165) is 25.8 Å². The number of amides is 1. The van der Waals surface area contributed by atoms with Gasteiger partial charge in [0.25, 0.3) is 0 Å². The van der Waals surface area contributed by atoms with Crippen LogP contribution in [0.4, 0.5) is 0 Å². The summed E-state index contributed by atoms with van der Waals surface area (Å²) in [5.41, 5.74) is 5.70. The zero-order chi connectivity index (χ0) is 13.3. The van der Waals surface area contributed by atoms with Crippen molar-refractivity contribution < 1.29 is 4.79 Å². The van der Waals surface area contributed by atoms with Crippen LogP contribution in [0.2, 0.25) is 0 Å². The summed E-state index contributed by atoms with van der Waals surface area (Å²) in [6.07, 6.45) is 3.87. The normalized spacial score (nSPS) is 13.1. The van der Waals surface area contributed by atoms with E-state index in [-0.39, 0.29) is 5.91 Å². The van der Waals surface area contributed by atoms with Crippen LogP contribution >= 0.6 is 0 Å². The quantitative estimate of drug-likeness (QED) is 0.653. The van der Waals surface area contributed by atoms with E-state index in [4.69, 9.17) is 5.73 Å². The SMILES string of the molecule is CCC(CC)CNC(=O)C[C@@H](CN)CC(C)C. The summed E-state index contributed by atoms with van der Waals surface area (Å²) < 4.78 is 0. The van der Waals surface area contributed by atoms with Crippen LogP contribution in [0.1, 0.15) is 53.4 Å². The van der Waals surface area contributed by atoms with Gasteiger partial charge in [-0.1, -0.05) is 40.5 Å². The van der Waals surface area contributed by atoms with Crippen molar-refractivity contribution in [3.05, 3.63) is 0 Å². The first-order valence-electron chi connectivity index (χ1n) is 7.00. The van der Waals surface area contributed by atoms with Crippen molar-refractivity contribution in [3.8, 4) is 0 Å². The zero-order valence-electron chi connectivity index (χ0n) is 12.0. The number of hydrogen-bond donors (Lipinski definition) is 2. The molecular formula is C14H30N2O. The van der Waals surface area contributed by atoms with Gasteiger partial charge in [-0.05, 0) is 30.7 Å². The molecule has 0 aromatic carbocycles. The molecule has 0 heterocycles. The Morgan fingerprint density at radius 1 is 1.18 bits per heavy atom. The molecule has 0 aliphatic heterocycles. The molecule has 0 fully saturated rings. The molecule has 0 radical (unpaired) electrons. The number of carbonyl (C=O) groups excluding carboxylic acids is 1. The molecule has 1 atom stereocenters. The fraction of sp³-hybridized carbons (Fsp3) is 0.929. The highest BCUT2D eigenvalue weighted by atomic mass is 16.1. The van der Waals surface area contributed by atoms with E-state index in [1.807, 2.05) is 0 Å². The maximum absolute atomic E-state index is 11.8. The van der Waals surface area contributed by atoms with Crippen molar-refractivity contribution in [1.29, 1.82) is 0 Å². The van der Waals surface area contributed by atoms with Crippen LogP contribution < -0.4 is 11.1 Å². The summed E-state index contributed by atoms with van der Waals surface area (Å²) in [7, 11) is 0. The largest absolute Gasteiger partial charge is 0.356 e. The van der Waals surface area contributed by atoms with E-state index < -0.39 is 0 Å².